The number of amides is 2. The highest BCUT2D eigenvalue weighted by Crippen LogP contribution is 2.08. The molecule has 4 nitrogen and oxygen atoms in total. The molecule has 1 unspecified atom stereocenters. The Morgan fingerprint density at radius 3 is 2.71 bits per heavy atom. The average Bonchev–Trinajstić information content (AvgIpc) is 2.34. The topological polar surface area (TPSA) is 49.4 Å². The second-order valence-electron chi connectivity index (χ2n) is 4.46. The summed E-state index contributed by atoms with van der Waals surface area (Å²) in [5, 5.41) is 2.35. The normalized spacial score (nSPS) is 21.3. The van der Waals surface area contributed by atoms with Crippen LogP contribution in [0.3, 0.4) is 0 Å². The Labute approximate surface area is 108 Å². The Morgan fingerprint density at radius 1 is 1.29 bits per heavy atom. The summed E-state index contributed by atoms with van der Waals surface area (Å²) in [7, 11) is 0. The van der Waals surface area contributed by atoms with Crippen LogP contribution in [0.5, 0.6) is 0 Å². The molecule has 1 aliphatic heterocycles. The number of alkyl halides is 1. The maximum absolute atomic E-state index is 11.8. The third-order valence-corrected chi connectivity index (χ3v) is 3.12. The molecule has 17 heavy (non-hydrogen) atoms. The Morgan fingerprint density at radius 2 is 2.00 bits per heavy atom. The van der Waals surface area contributed by atoms with Gasteiger partial charge in [-0.05, 0) is 19.8 Å². The lowest BCUT2D eigenvalue weighted by Gasteiger charge is -2.23. The van der Waals surface area contributed by atoms with Gasteiger partial charge in [-0.2, -0.15) is 0 Å². The molecule has 0 aromatic rings. The molecule has 1 saturated heterocycles. The summed E-state index contributed by atoms with van der Waals surface area (Å²) in [6, 6.07) is 0. The maximum Gasteiger partial charge on any atom is 0.240 e. The zero-order valence-electron chi connectivity index (χ0n) is 10.4. The van der Waals surface area contributed by atoms with Gasteiger partial charge in [0.05, 0.1) is 0 Å². The largest absolute Gasteiger partial charge is 0.356 e. The van der Waals surface area contributed by atoms with Crippen LogP contribution in [0.2, 0.25) is 0 Å². The standard InChI is InChI=1S/C12H21ClN2O2/c1-10(13)12(17)15-8-5-3-2-4-7-14-11(16)6-9-15/h10H,2-9H2,1H3,(H,14,16). The fraction of sp³-hybridized carbons (Fsp3) is 0.833. The van der Waals surface area contributed by atoms with Gasteiger partial charge in [0.25, 0.3) is 0 Å². The van der Waals surface area contributed by atoms with Crippen LogP contribution in [0.1, 0.15) is 39.0 Å². The highest BCUT2D eigenvalue weighted by atomic mass is 35.5. The first kappa shape index (κ1) is 14.3. The molecular weight excluding hydrogens is 240 g/mol. The highest BCUT2D eigenvalue weighted by Gasteiger charge is 2.19. The fourth-order valence-electron chi connectivity index (χ4n) is 1.92. The number of carbonyl (C=O) groups excluding carboxylic acids is 2. The number of nitrogens with one attached hydrogen (secondary N) is 1. The van der Waals surface area contributed by atoms with Crippen molar-refractivity contribution in [1.29, 1.82) is 0 Å². The highest BCUT2D eigenvalue weighted by molar-refractivity contribution is 6.30. The summed E-state index contributed by atoms with van der Waals surface area (Å²) in [5.74, 6) is -0.0503. The Kier molecular flexibility index (Phi) is 6.34. The molecule has 1 fully saturated rings. The molecule has 0 saturated carbocycles. The van der Waals surface area contributed by atoms with Crippen molar-refractivity contribution in [3.8, 4) is 0 Å². The van der Waals surface area contributed by atoms with E-state index in [9.17, 15) is 9.59 Å². The number of hydrogen-bond donors (Lipinski definition) is 1. The van der Waals surface area contributed by atoms with Crippen molar-refractivity contribution >= 4 is 23.4 Å². The first-order valence-electron chi connectivity index (χ1n) is 6.31. The van der Waals surface area contributed by atoms with Crippen LogP contribution in [-0.4, -0.2) is 41.7 Å². The molecule has 1 N–H and O–H groups in total. The second-order valence-corrected chi connectivity index (χ2v) is 5.11. The van der Waals surface area contributed by atoms with Gasteiger partial charge in [-0.25, -0.2) is 0 Å². The molecule has 0 spiro atoms. The maximum atomic E-state index is 11.8. The Balaban J connectivity index is 2.54. The number of carbonyl (C=O) groups is 2. The molecule has 98 valence electrons. The second kappa shape index (κ2) is 7.54. The Hall–Kier alpha value is -0.770. The van der Waals surface area contributed by atoms with E-state index in [1.54, 1.807) is 11.8 Å². The minimum atomic E-state index is -0.511. The van der Waals surface area contributed by atoms with Crippen molar-refractivity contribution in [3.63, 3.8) is 0 Å². The fourth-order valence-corrected chi connectivity index (χ4v) is 2.06. The van der Waals surface area contributed by atoms with Crippen molar-refractivity contribution in [3.05, 3.63) is 0 Å². The average molecular weight is 261 g/mol. The first-order chi connectivity index (χ1) is 8.11. The van der Waals surface area contributed by atoms with E-state index in [2.05, 4.69) is 5.32 Å². The number of rotatable bonds is 1. The first-order valence-corrected chi connectivity index (χ1v) is 6.74. The lowest BCUT2D eigenvalue weighted by atomic mass is 10.2. The smallest absolute Gasteiger partial charge is 0.240 e. The van der Waals surface area contributed by atoms with Gasteiger partial charge in [0.1, 0.15) is 5.38 Å². The van der Waals surface area contributed by atoms with E-state index in [0.717, 1.165) is 32.2 Å². The van der Waals surface area contributed by atoms with Crippen molar-refractivity contribution in [2.45, 2.75) is 44.4 Å². The molecule has 0 radical (unpaired) electrons. The van der Waals surface area contributed by atoms with E-state index < -0.39 is 5.38 Å². The molecular formula is C12H21ClN2O2. The van der Waals surface area contributed by atoms with Gasteiger partial charge in [0.2, 0.25) is 11.8 Å². The van der Waals surface area contributed by atoms with Crippen LogP contribution < -0.4 is 5.32 Å². The number of hydrogen-bond acceptors (Lipinski definition) is 2. The minimum Gasteiger partial charge on any atom is -0.356 e. The molecule has 1 aliphatic rings. The van der Waals surface area contributed by atoms with Crippen molar-refractivity contribution in [2.75, 3.05) is 19.6 Å². The van der Waals surface area contributed by atoms with Gasteiger partial charge in [-0.15, -0.1) is 11.6 Å². The molecule has 1 heterocycles. The molecule has 0 aromatic heterocycles. The lowest BCUT2D eigenvalue weighted by molar-refractivity contribution is -0.131. The molecule has 2 amide bonds. The van der Waals surface area contributed by atoms with E-state index in [1.807, 2.05) is 0 Å². The predicted molar refractivity (Wildman–Crippen MR) is 68.0 cm³/mol. The molecule has 0 aromatic carbocycles. The predicted octanol–water partition coefficient (Wildman–Crippen LogP) is 1.52. The van der Waals surface area contributed by atoms with Gasteiger partial charge >= 0.3 is 0 Å². The summed E-state index contributed by atoms with van der Waals surface area (Å²) in [5.41, 5.74) is 0. The third kappa shape index (κ3) is 5.39. The molecule has 1 rings (SSSR count). The van der Waals surface area contributed by atoms with E-state index >= 15 is 0 Å². The van der Waals surface area contributed by atoms with Crippen molar-refractivity contribution in [1.82, 2.24) is 10.2 Å². The van der Waals surface area contributed by atoms with Crippen molar-refractivity contribution in [2.24, 2.45) is 0 Å². The van der Waals surface area contributed by atoms with Crippen LogP contribution >= 0.6 is 11.6 Å². The van der Waals surface area contributed by atoms with Gasteiger partial charge in [-0.1, -0.05) is 12.8 Å². The molecule has 0 aliphatic carbocycles. The quantitative estimate of drug-likeness (QED) is 0.727. The van der Waals surface area contributed by atoms with Crippen molar-refractivity contribution < 1.29 is 9.59 Å². The SMILES string of the molecule is CC(Cl)C(=O)N1CCCCCCNC(=O)CC1. The lowest BCUT2D eigenvalue weighted by Crippen LogP contribution is -2.39. The van der Waals surface area contributed by atoms with Crippen LogP contribution in [0.15, 0.2) is 0 Å². The van der Waals surface area contributed by atoms with Gasteiger partial charge in [0.15, 0.2) is 0 Å². The van der Waals surface area contributed by atoms with E-state index in [-0.39, 0.29) is 11.8 Å². The third-order valence-electron chi connectivity index (χ3n) is 2.94. The summed E-state index contributed by atoms with van der Waals surface area (Å²) >= 11 is 5.81. The van der Waals surface area contributed by atoms with Crippen LogP contribution in [0.25, 0.3) is 0 Å². The zero-order chi connectivity index (χ0) is 12.7. The van der Waals surface area contributed by atoms with Gasteiger partial charge in [0, 0.05) is 26.1 Å². The number of halogens is 1. The molecule has 5 heteroatoms. The van der Waals surface area contributed by atoms with E-state index in [4.69, 9.17) is 11.6 Å². The minimum absolute atomic E-state index is 0.0203. The van der Waals surface area contributed by atoms with Gasteiger partial charge in [-0.3, -0.25) is 9.59 Å². The van der Waals surface area contributed by atoms with Crippen LogP contribution in [0, 0.1) is 0 Å². The van der Waals surface area contributed by atoms with Crippen LogP contribution in [0.4, 0.5) is 0 Å². The summed E-state index contributed by atoms with van der Waals surface area (Å²) < 4.78 is 0. The summed E-state index contributed by atoms with van der Waals surface area (Å²) in [6.45, 7) is 3.61. The zero-order valence-corrected chi connectivity index (χ0v) is 11.1. The monoisotopic (exact) mass is 260 g/mol. The summed E-state index contributed by atoms with van der Waals surface area (Å²) in [4.78, 5) is 25.0. The van der Waals surface area contributed by atoms with E-state index in [0.29, 0.717) is 19.5 Å². The molecule has 1 atom stereocenters. The Bertz CT molecular complexity index is 269. The number of nitrogens with zero attached hydrogens (tertiary/aromatic N) is 1. The van der Waals surface area contributed by atoms with Gasteiger partial charge < -0.3 is 10.2 Å². The summed E-state index contributed by atoms with van der Waals surface area (Å²) in [6.07, 6.45) is 4.57. The van der Waals surface area contributed by atoms with E-state index in [1.165, 1.54) is 0 Å². The molecule has 0 bridgehead atoms. The van der Waals surface area contributed by atoms with Crippen LogP contribution in [-0.2, 0) is 9.59 Å².